The van der Waals surface area contributed by atoms with Gasteiger partial charge in [0.1, 0.15) is 30.5 Å². The smallest absolute Gasteiger partial charge is 0.726 e. The van der Waals surface area contributed by atoms with Crippen LogP contribution in [0, 0.1) is 6.92 Å². The van der Waals surface area contributed by atoms with Gasteiger partial charge in [-0.2, -0.15) is 0 Å². The van der Waals surface area contributed by atoms with Crippen LogP contribution in [0.2, 0.25) is 0 Å². The van der Waals surface area contributed by atoms with Crippen molar-refractivity contribution < 1.29 is 139 Å². The monoisotopic (exact) mass is 814 g/mol. The second kappa shape index (κ2) is 31.9. The number of carbonyl (C=O) groups is 1. The number of ether oxygens (including phenoxy) is 2. The Labute approximate surface area is 352 Å². The van der Waals surface area contributed by atoms with E-state index in [-0.39, 0.29) is 65.7 Å². The third-order valence-electron chi connectivity index (χ3n) is 7.97. The Morgan fingerprint density at radius 1 is 0.769 bits per heavy atom. The van der Waals surface area contributed by atoms with Gasteiger partial charge in [0.2, 0.25) is 20.8 Å². The standard InChI is InChI=1S/C30H58NO13S.2Na.H2O4S/c1-3-4-5-6-7-8-9-10-11-12-13-14-15-16-17-18-19-31-29(38)26(36)25(35)28(21(2)32)44-30-27(37)24(34)23(33)22(43-30)20-42-45(39,40)41;;;1-5(2,3)4/h21-28,30,32-37H,2-20H2,1H3,(H,31,38)(H,39,40,41);;;(H2,1,2,3,4)/q-1;2*+1;/p-2/t21-,22?,23+,24+,25-,26-,27?,28-,30+;;;/m1.../s1. The number of hydrogen-bond donors (Lipinski definition) is 8. The van der Waals surface area contributed by atoms with Gasteiger partial charge in [0, 0.05) is 6.54 Å². The molecule has 0 bridgehead atoms. The van der Waals surface area contributed by atoms with Crippen molar-refractivity contribution in [2.75, 3.05) is 13.2 Å². The summed E-state index contributed by atoms with van der Waals surface area (Å²) >= 11 is 0. The molecule has 0 aromatic rings. The Kier molecular flexibility index (Phi) is 35.1. The molecule has 300 valence electrons. The molecule has 1 aliphatic rings. The van der Waals surface area contributed by atoms with Crippen LogP contribution in [-0.2, 0) is 39.2 Å². The second-order valence-electron chi connectivity index (χ2n) is 12.3. The summed E-state index contributed by atoms with van der Waals surface area (Å²) in [5.41, 5.74) is 0. The molecule has 9 atom stereocenters. The maximum absolute atomic E-state index is 12.4. The van der Waals surface area contributed by atoms with E-state index in [1.165, 1.54) is 77.0 Å². The molecule has 0 saturated carbocycles. The molecule has 0 aromatic carbocycles. The predicted octanol–water partition coefficient (Wildman–Crippen LogP) is -6.04. The van der Waals surface area contributed by atoms with E-state index in [1.807, 2.05) is 0 Å². The first-order chi connectivity index (χ1) is 23.3. The maximum Gasteiger partial charge on any atom is 1.00 e. The van der Waals surface area contributed by atoms with Crippen LogP contribution < -0.4 is 64.4 Å². The molecular weight excluding hydrogens is 756 g/mol. The molecule has 1 fully saturated rings. The van der Waals surface area contributed by atoms with Crippen molar-refractivity contribution in [3.8, 4) is 0 Å². The van der Waals surface area contributed by atoms with Crippen LogP contribution in [-0.4, -0.2) is 135 Å². The Bertz CT molecular complexity index is 1100. The normalized spacial score (nSPS) is 22.8. The van der Waals surface area contributed by atoms with Crippen LogP contribution in [0.25, 0.3) is 0 Å². The van der Waals surface area contributed by atoms with Crippen LogP contribution in [0.1, 0.15) is 110 Å². The number of aliphatic hydroxyl groups is 6. The van der Waals surface area contributed by atoms with E-state index in [1.54, 1.807) is 0 Å². The van der Waals surface area contributed by atoms with Gasteiger partial charge >= 0.3 is 59.1 Å². The summed E-state index contributed by atoms with van der Waals surface area (Å²) in [6, 6.07) is 0. The minimum atomic E-state index is -5.18. The fourth-order valence-corrected chi connectivity index (χ4v) is 5.50. The van der Waals surface area contributed by atoms with Gasteiger partial charge in [0.25, 0.3) is 5.91 Å². The molecule has 1 saturated heterocycles. The van der Waals surface area contributed by atoms with Gasteiger partial charge in [0.15, 0.2) is 12.4 Å². The molecule has 1 rings (SSSR count). The number of hydrogen-bond acceptors (Lipinski definition) is 16. The number of carbonyl (C=O) groups excluding carboxylic acids is 1. The first-order valence-electron chi connectivity index (χ1n) is 17.1. The summed E-state index contributed by atoms with van der Waals surface area (Å²) in [6.07, 6.45) is 2.10. The Morgan fingerprint density at radius 3 is 1.56 bits per heavy atom. The van der Waals surface area contributed by atoms with Gasteiger partial charge in [-0.15, -0.1) is 0 Å². The van der Waals surface area contributed by atoms with E-state index in [0.29, 0.717) is 6.42 Å². The Balaban J connectivity index is -0.00000319. The van der Waals surface area contributed by atoms with E-state index in [0.717, 1.165) is 19.3 Å². The Hall–Kier alpha value is 0.890. The maximum atomic E-state index is 12.4. The van der Waals surface area contributed by atoms with E-state index in [4.69, 9.17) is 27.0 Å². The Morgan fingerprint density at radius 2 is 1.17 bits per heavy atom. The number of rotatable bonds is 26. The fraction of sp³-hybridized carbons (Fsp3) is 0.933. The van der Waals surface area contributed by atoms with Crippen LogP contribution in [0.15, 0.2) is 0 Å². The number of amides is 1. The zero-order valence-electron chi connectivity index (χ0n) is 30.7. The molecular formula is C30H58NNa2O17S2-. The van der Waals surface area contributed by atoms with E-state index < -0.39 is 88.4 Å². The van der Waals surface area contributed by atoms with Gasteiger partial charge in [-0.25, -0.2) is 16.8 Å². The van der Waals surface area contributed by atoms with Crippen molar-refractivity contribution in [3.05, 3.63) is 6.92 Å². The van der Waals surface area contributed by atoms with Gasteiger partial charge in [0.05, 0.1) is 12.7 Å². The van der Waals surface area contributed by atoms with Crippen molar-refractivity contribution >= 4 is 26.7 Å². The third kappa shape index (κ3) is 29.2. The molecule has 18 nitrogen and oxygen atoms in total. The van der Waals surface area contributed by atoms with Crippen molar-refractivity contribution in [3.63, 3.8) is 0 Å². The van der Waals surface area contributed by atoms with Gasteiger partial charge in [-0.05, 0) is 12.5 Å². The molecule has 1 heterocycles. The average molecular weight is 815 g/mol. The van der Waals surface area contributed by atoms with Crippen LogP contribution in [0.4, 0.5) is 0 Å². The second-order valence-corrected chi connectivity index (χ2v) is 14.2. The van der Waals surface area contributed by atoms with E-state index in [9.17, 15) is 48.4 Å². The quantitative estimate of drug-likeness (QED) is 0.0132. The number of nitrogens with one attached hydrogen (secondary N) is 1. The molecule has 0 radical (unpaired) electrons. The molecule has 8 N–H and O–H groups in total. The van der Waals surface area contributed by atoms with Crippen molar-refractivity contribution in [2.45, 2.75) is 165 Å². The van der Waals surface area contributed by atoms with Gasteiger partial charge in [-0.1, -0.05) is 103 Å². The molecule has 0 aliphatic carbocycles. The zero-order chi connectivity index (χ0) is 38.3. The minimum absolute atomic E-state index is 0. The molecule has 2 unspecified atom stereocenters. The zero-order valence-corrected chi connectivity index (χ0v) is 36.3. The van der Waals surface area contributed by atoms with Crippen molar-refractivity contribution in [1.29, 1.82) is 0 Å². The summed E-state index contributed by atoms with van der Waals surface area (Å²) in [4.78, 5) is 12.4. The fourth-order valence-electron chi connectivity index (χ4n) is 5.19. The predicted molar refractivity (Wildman–Crippen MR) is 175 cm³/mol. The topological polar surface area (TPSA) is 313 Å². The summed E-state index contributed by atoms with van der Waals surface area (Å²) in [7, 11) is -10.1. The molecule has 0 spiro atoms. The van der Waals surface area contributed by atoms with Crippen LogP contribution >= 0.6 is 0 Å². The molecule has 1 amide bonds. The summed E-state index contributed by atoms with van der Waals surface area (Å²) in [5.74, 6) is -0.940. The SMILES string of the molecule is O=S(=O)([O-])O.[CH2-][C@@H](O)[C@@H](O[C@@H]1OC(COS(=O)(=O)[O-])[C@H](O)[C@H](O)C1O)[C@H](O)[C@@H](O)C(=O)NCCCCCCCCCCCCCCCCCC.[Na+].[Na+]. The van der Waals surface area contributed by atoms with Crippen molar-refractivity contribution in [2.24, 2.45) is 0 Å². The number of unbranched alkanes of at least 4 members (excludes halogenated alkanes) is 15. The summed E-state index contributed by atoms with van der Waals surface area (Å²) < 4.78 is 79.5. The largest absolute Gasteiger partial charge is 1.00 e. The molecule has 1 aliphatic heterocycles. The first-order valence-corrected chi connectivity index (χ1v) is 19.8. The van der Waals surface area contributed by atoms with Crippen LogP contribution in [0.5, 0.6) is 0 Å². The molecule has 52 heavy (non-hydrogen) atoms. The first kappa shape index (κ1) is 57.2. The average Bonchev–Trinajstić information content (AvgIpc) is 3.02. The van der Waals surface area contributed by atoms with E-state index >= 15 is 0 Å². The summed E-state index contributed by atoms with van der Waals surface area (Å²) in [6.45, 7) is 4.74. The third-order valence-corrected chi connectivity index (χ3v) is 8.40. The minimum Gasteiger partial charge on any atom is -0.726 e. The molecule has 0 aromatic heterocycles. The molecule has 22 heteroatoms. The van der Waals surface area contributed by atoms with Crippen LogP contribution in [0.3, 0.4) is 0 Å². The van der Waals surface area contributed by atoms with E-state index in [2.05, 4.69) is 23.3 Å². The van der Waals surface area contributed by atoms with Crippen molar-refractivity contribution in [1.82, 2.24) is 5.32 Å². The summed E-state index contributed by atoms with van der Waals surface area (Å²) in [5, 5.41) is 63.7. The van der Waals surface area contributed by atoms with Gasteiger partial charge < -0.3 is 61.5 Å². The number of aliphatic hydroxyl groups excluding tert-OH is 6. The van der Waals surface area contributed by atoms with Gasteiger partial charge in [-0.3, -0.25) is 13.5 Å².